The molecule has 1 aromatic heterocycles. The standard InChI is InChI=1S/C12H15NO2/c1-13-10(6-7-14)12-8-9-4-2-3-5-11(9)15-12/h2-5,8,10,13-14H,6-7H2,1H3. The van der Waals surface area contributed by atoms with Crippen molar-refractivity contribution >= 4 is 11.0 Å². The Balaban J connectivity index is 2.34. The maximum Gasteiger partial charge on any atom is 0.134 e. The van der Waals surface area contributed by atoms with Crippen molar-refractivity contribution < 1.29 is 9.52 Å². The summed E-state index contributed by atoms with van der Waals surface area (Å²) in [6.45, 7) is 0.155. The number of hydrogen-bond acceptors (Lipinski definition) is 3. The number of furan rings is 1. The molecule has 2 aromatic rings. The molecule has 1 atom stereocenters. The Morgan fingerprint density at radius 2 is 2.20 bits per heavy atom. The average molecular weight is 205 g/mol. The van der Waals surface area contributed by atoms with E-state index in [2.05, 4.69) is 5.32 Å². The van der Waals surface area contributed by atoms with Crippen LogP contribution in [0.15, 0.2) is 34.7 Å². The molecule has 0 spiro atoms. The molecule has 2 rings (SSSR count). The van der Waals surface area contributed by atoms with Gasteiger partial charge in [-0.3, -0.25) is 0 Å². The lowest BCUT2D eigenvalue weighted by atomic mass is 10.1. The van der Waals surface area contributed by atoms with E-state index in [1.54, 1.807) is 0 Å². The van der Waals surface area contributed by atoms with E-state index in [1.807, 2.05) is 37.4 Å². The van der Waals surface area contributed by atoms with Gasteiger partial charge >= 0.3 is 0 Å². The molecule has 0 aliphatic heterocycles. The number of aliphatic hydroxyl groups is 1. The maximum absolute atomic E-state index is 8.92. The molecule has 1 aromatic carbocycles. The number of fused-ring (bicyclic) bond motifs is 1. The van der Waals surface area contributed by atoms with Crippen LogP contribution in [-0.4, -0.2) is 18.8 Å². The van der Waals surface area contributed by atoms with Gasteiger partial charge in [0.1, 0.15) is 11.3 Å². The van der Waals surface area contributed by atoms with Crippen LogP contribution >= 0.6 is 0 Å². The van der Waals surface area contributed by atoms with Crippen LogP contribution in [0.2, 0.25) is 0 Å². The van der Waals surface area contributed by atoms with Crippen molar-refractivity contribution in [2.75, 3.05) is 13.7 Å². The van der Waals surface area contributed by atoms with Crippen molar-refractivity contribution in [1.82, 2.24) is 5.32 Å². The molecule has 0 radical (unpaired) electrons. The molecule has 0 aliphatic carbocycles. The molecule has 0 saturated heterocycles. The zero-order chi connectivity index (χ0) is 10.7. The third kappa shape index (κ3) is 2.03. The van der Waals surface area contributed by atoms with E-state index in [1.165, 1.54) is 0 Å². The van der Waals surface area contributed by atoms with Gasteiger partial charge in [-0.1, -0.05) is 18.2 Å². The summed E-state index contributed by atoms with van der Waals surface area (Å²) >= 11 is 0. The summed E-state index contributed by atoms with van der Waals surface area (Å²) in [5.74, 6) is 0.882. The second kappa shape index (κ2) is 4.47. The molecule has 1 heterocycles. The average Bonchev–Trinajstić information content (AvgIpc) is 2.69. The molecular weight excluding hydrogens is 190 g/mol. The highest BCUT2D eigenvalue weighted by atomic mass is 16.3. The second-order valence-electron chi connectivity index (χ2n) is 3.54. The molecule has 3 nitrogen and oxygen atoms in total. The Morgan fingerprint density at radius 3 is 2.87 bits per heavy atom. The third-order valence-corrected chi connectivity index (χ3v) is 2.55. The van der Waals surface area contributed by atoms with E-state index in [9.17, 15) is 0 Å². The van der Waals surface area contributed by atoms with Crippen LogP contribution in [0.4, 0.5) is 0 Å². The van der Waals surface area contributed by atoms with Crippen LogP contribution in [0.25, 0.3) is 11.0 Å². The summed E-state index contributed by atoms with van der Waals surface area (Å²) in [6, 6.07) is 10.0. The molecular formula is C12H15NO2. The van der Waals surface area contributed by atoms with Gasteiger partial charge in [-0.05, 0) is 25.6 Å². The molecule has 1 unspecified atom stereocenters. The maximum atomic E-state index is 8.92. The lowest BCUT2D eigenvalue weighted by Crippen LogP contribution is -2.16. The number of nitrogens with one attached hydrogen (secondary N) is 1. The van der Waals surface area contributed by atoms with Crippen molar-refractivity contribution in [2.45, 2.75) is 12.5 Å². The molecule has 80 valence electrons. The van der Waals surface area contributed by atoms with Gasteiger partial charge in [-0.25, -0.2) is 0 Å². The Labute approximate surface area is 88.7 Å². The second-order valence-corrected chi connectivity index (χ2v) is 3.54. The van der Waals surface area contributed by atoms with Crippen molar-refractivity contribution in [3.8, 4) is 0 Å². The molecule has 0 bridgehead atoms. The Bertz CT molecular complexity index is 403. The lowest BCUT2D eigenvalue weighted by Gasteiger charge is -2.10. The monoisotopic (exact) mass is 205 g/mol. The van der Waals surface area contributed by atoms with Crippen LogP contribution < -0.4 is 5.32 Å². The first kappa shape index (κ1) is 10.2. The highest BCUT2D eigenvalue weighted by molar-refractivity contribution is 5.77. The first-order chi connectivity index (χ1) is 7.35. The normalized spacial score (nSPS) is 13.2. The van der Waals surface area contributed by atoms with Crippen molar-refractivity contribution in [2.24, 2.45) is 0 Å². The van der Waals surface area contributed by atoms with E-state index in [0.717, 1.165) is 16.7 Å². The van der Waals surface area contributed by atoms with Gasteiger partial charge in [0.05, 0.1) is 6.04 Å². The largest absolute Gasteiger partial charge is 0.459 e. The Morgan fingerprint density at radius 1 is 1.40 bits per heavy atom. The van der Waals surface area contributed by atoms with Crippen molar-refractivity contribution in [1.29, 1.82) is 0 Å². The summed E-state index contributed by atoms with van der Waals surface area (Å²) in [6.07, 6.45) is 0.663. The Kier molecular flexibility index (Phi) is 3.04. The van der Waals surface area contributed by atoms with Crippen LogP contribution in [0.1, 0.15) is 18.2 Å². The smallest absolute Gasteiger partial charge is 0.134 e. The molecule has 15 heavy (non-hydrogen) atoms. The van der Waals surface area contributed by atoms with Crippen molar-refractivity contribution in [3.63, 3.8) is 0 Å². The fourth-order valence-electron chi connectivity index (χ4n) is 1.73. The number of rotatable bonds is 4. The summed E-state index contributed by atoms with van der Waals surface area (Å²) in [7, 11) is 1.87. The van der Waals surface area contributed by atoms with Crippen LogP contribution in [0.3, 0.4) is 0 Å². The van der Waals surface area contributed by atoms with Gasteiger partial charge in [0.2, 0.25) is 0 Å². The highest BCUT2D eigenvalue weighted by Gasteiger charge is 2.13. The fraction of sp³-hybridized carbons (Fsp3) is 0.333. The van der Waals surface area contributed by atoms with Crippen LogP contribution in [0, 0.1) is 0 Å². The van der Waals surface area contributed by atoms with Crippen LogP contribution in [-0.2, 0) is 0 Å². The van der Waals surface area contributed by atoms with Crippen LogP contribution in [0.5, 0.6) is 0 Å². The third-order valence-electron chi connectivity index (χ3n) is 2.55. The van der Waals surface area contributed by atoms with E-state index < -0.39 is 0 Å². The van der Waals surface area contributed by atoms with Crippen molar-refractivity contribution in [3.05, 3.63) is 36.1 Å². The molecule has 0 amide bonds. The Hall–Kier alpha value is -1.32. The highest BCUT2D eigenvalue weighted by Crippen LogP contribution is 2.24. The van der Waals surface area contributed by atoms with E-state index in [0.29, 0.717) is 6.42 Å². The predicted molar refractivity (Wildman–Crippen MR) is 59.7 cm³/mol. The van der Waals surface area contributed by atoms with Gasteiger partial charge in [0.25, 0.3) is 0 Å². The zero-order valence-electron chi connectivity index (χ0n) is 8.73. The number of benzene rings is 1. The summed E-state index contributed by atoms with van der Waals surface area (Å²) in [5, 5.41) is 13.2. The van der Waals surface area contributed by atoms with Gasteiger partial charge < -0.3 is 14.8 Å². The number of para-hydroxylation sites is 1. The first-order valence-electron chi connectivity index (χ1n) is 5.11. The number of aliphatic hydroxyl groups excluding tert-OH is 1. The summed E-state index contributed by atoms with van der Waals surface area (Å²) in [4.78, 5) is 0. The first-order valence-corrected chi connectivity index (χ1v) is 5.11. The summed E-state index contributed by atoms with van der Waals surface area (Å²) in [5.41, 5.74) is 0.894. The minimum atomic E-state index is 0.0856. The SMILES string of the molecule is CNC(CCO)c1cc2ccccc2o1. The molecule has 2 N–H and O–H groups in total. The molecule has 3 heteroatoms. The number of hydrogen-bond donors (Lipinski definition) is 2. The van der Waals surface area contributed by atoms with E-state index >= 15 is 0 Å². The quantitative estimate of drug-likeness (QED) is 0.803. The molecule has 0 aliphatic rings. The lowest BCUT2D eigenvalue weighted by molar-refractivity contribution is 0.260. The van der Waals surface area contributed by atoms with E-state index in [4.69, 9.17) is 9.52 Å². The minimum Gasteiger partial charge on any atom is -0.459 e. The van der Waals surface area contributed by atoms with Gasteiger partial charge in [-0.15, -0.1) is 0 Å². The minimum absolute atomic E-state index is 0.0856. The fourth-order valence-corrected chi connectivity index (χ4v) is 1.73. The molecule has 0 fully saturated rings. The topological polar surface area (TPSA) is 45.4 Å². The van der Waals surface area contributed by atoms with Gasteiger partial charge in [-0.2, -0.15) is 0 Å². The molecule has 0 saturated carbocycles. The van der Waals surface area contributed by atoms with E-state index in [-0.39, 0.29) is 12.6 Å². The predicted octanol–water partition coefficient (Wildman–Crippen LogP) is 2.08. The van der Waals surface area contributed by atoms with Gasteiger partial charge in [0, 0.05) is 12.0 Å². The van der Waals surface area contributed by atoms with Gasteiger partial charge in [0.15, 0.2) is 0 Å². The summed E-state index contributed by atoms with van der Waals surface area (Å²) < 4.78 is 5.70. The zero-order valence-corrected chi connectivity index (χ0v) is 8.73.